The number of hydrogen-bond acceptors (Lipinski definition) is 4. The molecular formula is C17H22BrN3OS. The molecule has 0 bridgehead atoms. The lowest BCUT2D eigenvalue weighted by molar-refractivity contribution is -0.121. The summed E-state index contributed by atoms with van der Waals surface area (Å²) in [5, 5.41) is 9.31. The Labute approximate surface area is 149 Å². The maximum Gasteiger partial charge on any atom is 0.221 e. The van der Waals surface area contributed by atoms with Gasteiger partial charge in [-0.15, -0.1) is 11.3 Å². The SMILES string of the molecule is CCC(C)NC(=O)CCNCc1csc(-c2cccc(Br)c2)n1. The molecule has 0 aliphatic carbocycles. The highest BCUT2D eigenvalue weighted by molar-refractivity contribution is 9.10. The van der Waals surface area contributed by atoms with Gasteiger partial charge in [0.2, 0.25) is 5.91 Å². The van der Waals surface area contributed by atoms with Gasteiger partial charge in [-0.25, -0.2) is 4.98 Å². The van der Waals surface area contributed by atoms with Crippen molar-refractivity contribution in [1.29, 1.82) is 0 Å². The van der Waals surface area contributed by atoms with Crippen molar-refractivity contribution in [2.24, 2.45) is 0 Å². The Morgan fingerprint density at radius 2 is 2.26 bits per heavy atom. The predicted molar refractivity (Wildman–Crippen MR) is 99.5 cm³/mol. The normalized spacial score (nSPS) is 12.1. The molecule has 1 atom stereocenters. The van der Waals surface area contributed by atoms with Crippen molar-refractivity contribution in [3.05, 3.63) is 39.8 Å². The molecule has 2 rings (SSSR count). The minimum Gasteiger partial charge on any atom is -0.354 e. The van der Waals surface area contributed by atoms with E-state index >= 15 is 0 Å². The van der Waals surface area contributed by atoms with Gasteiger partial charge in [0.25, 0.3) is 0 Å². The number of carbonyl (C=O) groups is 1. The molecule has 2 aromatic rings. The smallest absolute Gasteiger partial charge is 0.221 e. The molecule has 0 saturated carbocycles. The van der Waals surface area contributed by atoms with Gasteiger partial charge in [-0.1, -0.05) is 35.0 Å². The second kappa shape index (κ2) is 9.15. The van der Waals surface area contributed by atoms with Gasteiger partial charge < -0.3 is 10.6 Å². The van der Waals surface area contributed by atoms with Gasteiger partial charge in [-0.05, 0) is 25.5 Å². The van der Waals surface area contributed by atoms with Crippen molar-refractivity contribution in [3.8, 4) is 10.6 Å². The number of nitrogens with zero attached hydrogens (tertiary/aromatic N) is 1. The molecule has 1 heterocycles. The molecule has 2 N–H and O–H groups in total. The van der Waals surface area contributed by atoms with E-state index in [4.69, 9.17) is 0 Å². The van der Waals surface area contributed by atoms with Crippen LogP contribution in [0, 0.1) is 0 Å². The number of rotatable bonds is 8. The molecule has 1 unspecified atom stereocenters. The van der Waals surface area contributed by atoms with Gasteiger partial charge in [-0.2, -0.15) is 0 Å². The molecule has 0 saturated heterocycles. The van der Waals surface area contributed by atoms with Gasteiger partial charge in [0.1, 0.15) is 5.01 Å². The topological polar surface area (TPSA) is 54.0 Å². The maximum atomic E-state index is 11.7. The molecule has 23 heavy (non-hydrogen) atoms. The van der Waals surface area contributed by atoms with E-state index in [-0.39, 0.29) is 11.9 Å². The van der Waals surface area contributed by atoms with E-state index in [9.17, 15) is 4.79 Å². The fourth-order valence-electron chi connectivity index (χ4n) is 2.01. The third kappa shape index (κ3) is 6.05. The fraction of sp³-hybridized carbons (Fsp3) is 0.412. The minimum atomic E-state index is 0.0972. The van der Waals surface area contributed by atoms with E-state index in [0.29, 0.717) is 19.5 Å². The molecule has 1 aromatic heterocycles. The highest BCUT2D eigenvalue weighted by Gasteiger charge is 2.07. The quantitative estimate of drug-likeness (QED) is 0.664. The van der Waals surface area contributed by atoms with Crippen LogP contribution in [-0.4, -0.2) is 23.5 Å². The number of benzene rings is 1. The zero-order valence-corrected chi connectivity index (χ0v) is 15.8. The summed E-state index contributed by atoms with van der Waals surface area (Å²) < 4.78 is 1.05. The minimum absolute atomic E-state index is 0.0972. The summed E-state index contributed by atoms with van der Waals surface area (Å²) in [7, 11) is 0. The van der Waals surface area contributed by atoms with Crippen molar-refractivity contribution < 1.29 is 4.79 Å². The first kappa shape index (κ1) is 18.1. The summed E-state index contributed by atoms with van der Waals surface area (Å²) in [5.74, 6) is 0.0972. The summed E-state index contributed by atoms with van der Waals surface area (Å²) in [6.07, 6.45) is 1.45. The number of aromatic nitrogens is 1. The number of thiazole rings is 1. The van der Waals surface area contributed by atoms with E-state index in [1.807, 2.05) is 19.1 Å². The standard InChI is InChI=1S/C17H22BrN3OS/c1-3-12(2)20-16(22)7-8-19-10-15-11-23-17(21-15)13-5-4-6-14(18)9-13/h4-6,9,11-12,19H,3,7-8,10H2,1-2H3,(H,20,22). The van der Waals surface area contributed by atoms with E-state index in [1.54, 1.807) is 11.3 Å². The zero-order chi connectivity index (χ0) is 16.7. The Morgan fingerprint density at radius 1 is 1.43 bits per heavy atom. The molecule has 0 radical (unpaired) electrons. The van der Waals surface area contributed by atoms with Crippen LogP contribution in [0.4, 0.5) is 0 Å². The van der Waals surface area contributed by atoms with Crippen LogP contribution in [0.3, 0.4) is 0 Å². The van der Waals surface area contributed by atoms with Crippen LogP contribution in [0.1, 0.15) is 32.4 Å². The highest BCUT2D eigenvalue weighted by Crippen LogP contribution is 2.26. The van der Waals surface area contributed by atoms with Crippen molar-refractivity contribution in [3.63, 3.8) is 0 Å². The summed E-state index contributed by atoms with van der Waals surface area (Å²) in [6.45, 7) is 5.42. The molecule has 0 fully saturated rings. The van der Waals surface area contributed by atoms with E-state index in [0.717, 1.165) is 27.2 Å². The first-order chi connectivity index (χ1) is 11.1. The Balaban J connectivity index is 1.76. The molecule has 4 nitrogen and oxygen atoms in total. The zero-order valence-electron chi connectivity index (χ0n) is 13.4. The Kier molecular flexibility index (Phi) is 7.20. The van der Waals surface area contributed by atoms with Gasteiger partial charge in [-0.3, -0.25) is 4.79 Å². The van der Waals surface area contributed by atoms with Gasteiger partial charge in [0.05, 0.1) is 5.69 Å². The number of nitrogens with one attached hydrogen (secondary N) is 2. The van der Waals surface area contributed by atoms with Gasteiger partial charge >= 0.3 is 0 Å². The first-order valence-corrected chi connectivity index (χ1v) is 9.46. The second-order valence-electron chi connectivity index (χ2n) is 5.46. The summed E-state index contributed by atoms with van der Waals surface area (Å²) >= 11 is 5.12. The molecule has 0 aliphatic heterocycles. The van der Waals surface area contributed by atoms with Crippen molar-refractivity contribution in [2.45, 2.75) is 39.3 Å². The molecular weight excluding hydrogens is 374 g/mol. The van der Waals surface area contributed by atoms with Crippen LogP contribution in [0.25, 0.3) is 10.6 Å². The van der Waals surface area contributed by atoms with Crippen LogP contribution in [0.5, 0.6) is 0 Å². The predicted octanol–water partition coefficient (Wildman–Crippen LogP) is 3.97. The second-order valence-corrected chi connectivity index (χ2v) is 7.23. The summed E-state index contributed by atoms with van der Waals surface area (Å²) in [5.41, 5.74) is 2.12. The Hall–Kier alpha value is -1.24. The first-order valence-electron chi connectivity index (χ1n) is 7.79. The van der Waals surface area contributed by atoms with Crippen LogP contribution in [0.15, 0.2) is 34.1 Å². The fourth-order valence-corrected chi connectivity index (χ4v) is 3.23. The third-order valence-electron chi connectivity index (χ3n) is 3.48. The molecule has 1 aromatic carbocycles. The molecule has 1 amide bonds. The average molecular weight is 396 g/mol. The summed E-state index contributed by atoms with van der Waals surface area (Å²) in [6, 6.07) is 8.38. The summed E-state index contributed by atoms with van der Waals surface area (Å²) in [4.78, 5) is 16.3. The van der Waals surface area contributed by atoms with Crippen LogP contribution in [0.2, 0.25) is 0 Å². The maximum absolute atomic E-state index is 11.7. The van der Waals surface area contributed by atoms with E-state index in [2.05, 4.69) is 56.0 Å². The third-order valence-corrected chi connectivity index (χ3v) is 4.91. The Bertz CT molecular complexity index is 644. The van der Waals surface area contributed by atoms with Crippen molar-refractivity contribution >= 4 is 33.2 Å². The largest absolute Gasteiger partial charge is 0.354 e. The number of amides is 1. The van der Waals surface area contributed by atoms with Crippen LogP contribution >= 0.6 is 27.3 Å². The van der Waals surface area contributed by atoms with Crippen molar-refractivity contribution in [2.75, 3.05) is 6.54 Å². The lowest BCUT2D eigenvalue weighted by Crippen LogP contribution is -2.33. The monoisotopic (exact) mass is 395 g/mol. The number of carbonyl (C=O) groups excluding carboxylic acids is 1. The van der Waals surface area contributed by atoms with Crippen molar-refractivity contribution in [1.82, 2.24) is 15.6 Å². The number of hydrogen-bond donors (Lipinski definition) is 2. The molecule has 124 valence electrons. The molecule has 0 aliphatic rings. The highest BCUT2D eigenvalue weighted by atomic mass is 79.9. The van der Waals surface area contributed by atoms with Gasteiger partial charge in [0, 0.05) is 41.0 Å². The number of halogens is 1. The lowest BCUT2D eigenvalue weighted by Gasteiger charge is -2.11. The van der Waals surface area contributed by atoms with Gasteiger partial charge in [0.15, 0.2) is 0 Å². The van der Waals surface area contributed by atoms with Crippen LogP contribution in [-0.2, 0) is 11.3 Å². The average Bonchev–Trinajstić information content (AvgIpc) is 3.00. The van der Waals surface area contributed by atoms with E-state index < -0.39 is 0 Å². The lowest BCUT2D eigenvalue weighted by atomic mass is 10.2. The van der Waals surface area contributed by atoms with E-state index in [1.165, 1.54) is 0 Å². The molecule has 0 spiro atoms. The molecule has 6 heteroatoms. The Morgan fingerprint density at radius 3 is 3.00 bits per heavy atom. The van der Waals surface area contributed by atoms with Crippen LogP contribution < -0.4 is 10.6 Å².